The number of hydrogen-bond donors (Lipinski definition) is 2. The van der Waals surface area contributed by atoms with Crippen LogP contribution >= 0.6 is 11.6 Å². The predicted octanol–water partition coefficient (Wildman–Crippen LogP) is 3.98. The van der Waals surface area contributed by atoms with Gasteiger partial charge in [0, 0.05) is 17.1 Å². The predicted molar refractivity (Wildman–Crippen MR) is 111 cm³/mol. The number of amides is 1. The number of nitrogens with one attached hydrogen (secondary N) is 2. The Morgan fingerprint density at radius 1 is 1.00 bits per heavy atom. The van der Waals surface area contributed by atoms with Gasteiger partial charge < -0.3 is 10.3 Å². The van der Waals surface area contributed by atoms with Gasteiger partial charge >= 0.3 is 0 Å². The van der Waals surface area contributed by atoms with Crippen LogP contribution in [0.15, 0.2) is 82.8 Å². The van der Waals surface area contributed by atoms with Gasteiger partial charge in [0.25, 0.3) is 5.91 Å². The lowest BCUT2D eigenvalue weighted by molar-refractivity contribution is 0.0951. The fraction of sp³-hybridized carbons (Fsp3) is 0.0476. The molecule has 4 aromatic rings. The smallest absolute Gasteiger partial charge is 0.251 e. The number of carbonyl (C=O) groups is 1. The van der Waals surface area contributed by atoms with Gasteiger partial charge in [0.2, 0.25) is 9.84 Å². The third-order valence-electron chi connectivity index (χ3n) is 4.47. The van der Waals surface area contributed by atoms with Gasteiger partial charge in [-0.1, -0.05) is 23.7 Å². The molecule has 0 spiro atoms. The number of aromatic amines is 1. The van der Waals surface area contributed by atoms with Crippen LogP contribution < -0.4 is 5.32 Å². The summed E-state index contributed by atoms with van der Waals surface area (Å²) in [6.07, 6.45) is 1.62. The van der Waals surface area contributed by atoms with Crippen molar-refractivity contribution >= 4 is 38.4 Å². The Hall–Kier alpha value is -3.16. The van der Waals surface area contributed by atoms with Gasteiger partial charge in [-0.25, -0.2) is 13.4 Å². The maximum Gasteiger partial charge on any atom is 0.251 e. The lowest BCUT2D eigenvalue weighted by Gasteiger charge is -2.08. The first-order chi connectivity index (χ1) is 13.9. The highest BCUT2D eigenvalue weighted by Crippen LogP contribution is 2.23. The van der Waals surface area contributed by atoms with E-state index in [0.717, 1.165) is 16.6 Å². The summed E-state index contributed by atoms with van der Waals surface area (Å²) in [6.45, 7) is 0.344. The Bertz CT molecular complexity index is 1300. The number of hydrogen-bond acceptors (Lipinski definition) is 4. The molecule has 0 saturated carbocycles. The first kappa shape index (κ1) is 19.2. The monoisotopic (exact) mass is 425 g/mol. The van der Waals surface area contributed by atoms with Gasteiger partial charge in [-0.05, 0) is 60.2 Å². The minimum absolute atomic E-state index is 0.0982. The van der Waals surface area contributed by atoms with Crippen molar-refractivity contribution in [3.05, 3.63) is 89.2 Å². The van der Waals surface area contributed by atoms with Crippen molar-refractivity contribution in [1.29, 1.82) is 0 Å². The maximum absolute atomic E-state index is 12.7. The summed E-state index contributed by atoms with van der Waals surface area (Å²) in [6, 6.07) is 17.6. The minimum Gasteiger partial charge on any atom is -0.348 e. The van der Waals surface area contributed by atoms with Crippen molar-refractivity contribution < 1.29 is 13.2 Å². The summed E-state index contributed by atoms with van der Waals surface area (Å²) < 4.78 is 25.4. The summed E-state index contributed by atoms with van der Waals surface area (Å²) >= 11 is 5.89. The van der Waals surface area contributed by atoms with Crippen LogP contribution in [0.4, 0.5) is 0 Å². The number of fused-ring (bicyclic) bond motifs is 1. The Morgan fingerprint density at radius 2 is 1.79 bits per heavy atom. The number of benzene rings is 3. The summed E-state index contributed by atoms with van der Waals surface area (Å²) in [5, 5.41) is 3.17. The number of imidazole rings is 1. The van der Waals surface area contributed by atoms with E-state index in [0.29, 0.717) is 17.1 Å². The number of carbonyl (C=O) groups excluding carboxylic acids is 1. The zero-order valence-electron chi connectivity index (χ0n) is 15.1. The molecule has 0 aliphatic carbocycles. The molecule has 0 saturated heterocycles. The molecular formula is C21H16ClN3O3S. The summed E-state index contributed by atoms with van der Waals surface area (Å²) in [4.78, 5) is 19.8. The lowest BCUT2D eigenvalue weighted by Crippen LogP contribution is -2.22. The molecule has 0 unspecified atom stereocenters. The Labute approximate surface area is 172 Å². The number of rotatable bonds is 5. The third kappa shape index (κ3) is 4.01. The normalized spacial score (nSPS) is 11.5. The fourth-order valence-electron chi connectivity index (χ4n) is 2.93. The van der Waals surface area contributed by atoms with Gasteiger partial charge in [-0.15, -0.1) is 0 Å². The maximum atomic E-state index is 12.7. The number of nitrogens with zero attached hydrogens (tertiary/aromatic N) is 1. The Morgan fingerprint density at radius 3 is 2.55 bits per heavy atom. The van der Waals surface area contributed by atoms with Gasteiger partial charge in [-0.2, -0.15) is 0 Å². The zero-order valence-corrected chi connectivity index (χ0v) is 16.7. The topological polar surface area (TPSA) is 91.9 Å². The van der Waals surface area contributed by atoms with Gasteiger partial charge in [-0.3, -0.25) is 4.79 Å². The standard InChI is InChI=1S/C21H16ClN3O3S/c22-16-2-1-3-18(11-16)29(27,28)17-7-5-15(6-8-17)21(26)23-12-14-4-9-19-20(10-14)25-13-24-19/h1-11,13H,12H2,(H,23,26)(H,24,25). The highest BCUT2D eigenvalue weighted by molar-refractivity contribution is 7.91. The van der Waals surface area contributed by atoms with E-state index in [1.807, 2.05) is 18.2 Å². The quantitative estimate of drug-likeness (QED) is 0.506. The molecule has 1 heterocycles. The number of H-pyrrole nitrogens is 1. The molecule has 0 atom stereocenters. The second-order valence-electron chi connectivity index (χ2n) is 6.42. The lowest BCUT2D eigenvalue weighted by atomic mass is 10.2. The largest absolute Gasteiger partial charge is 0.348 e. The molecule has 0 aliphatic heterocycles. The van der Waals surface area contributed by atoms with E-state index >= 15 is 0 Å². The van der Waals surface area contributed by atoms with Crippen LogP contribution in [0.3, 0.4) is 0 Å². The van der Waals surface area contributed by atoms with Crippen LogP contribution in [0, 0.1) is 0 Å². The molecule has 0 fully saturated rings. The van der Waals surface area contributed by atoms with E-state index in [1.54, 1.807) is 18.5 Å². The third-order valence-corrected chi connectivity index (χ3v) is 6.47. The molecule has 1 aromatic heterocycles. The van der Waals surface area contributed by atoms with E-state index in [1.165, 1.54) is 36.4 Å². The average Bonchev–Trinajstić information content (AvgIpc) is 3.20. The van der Waals surface area contributed by atoms with E-state index in [2.05, 4.69) is 15.3 Å². The molecule has 2 N–H and O–H groups in total. The van der Waals surface area contributed by atoms with Crippen molar-refractivity contribution in [2.75, 3.05) is 0 Å². The molecule has 3 aromatic carbocycles. The van der Waals surface area contributed by atoms with E-state index < -0.39 is 9.84 Å². The number of sulfone groups is 1. The molecule has 146 valence electrons. The molecule has 0 radical (unpaired) electrons. The van der Waals surface area contributed by atoms with Crippen molar-refractivity contribution in [2.24, 2.45) is 0 Å². The van der Waals surface area contributed by atoms with Crippen LogP contribution in [-0.2, 0) is 16.4 Å². The van der Waals surface area contributed by atoms with Crippen LogP contribution in [0.2, 0.25) is 5.02 Å². The number of halogens is 1. The molecule has 1 amide bonds. The zero-order chi connectivity index (χ0) is 20.4. The van der Waals surface area contributed by atoms with Crippen molar-refractivity contribution in [3.63, 3.8) is 0 Å². The minimum atomic E-state index is -3.70. The van der Waals surface area contributed by atoms with Crippen LogP contribution in [0.25, 0.3) is 11.0 Å². The van der Waals surface area contributed by atoms with Crippen LogP contribution in [0.5, 0.6) is 0 Å². The van der Waals surface area contributed by atoms with E-state index in [4.69, 9.17) is 11.6 Å². The van der Waals surface area contributed by atoms with Crippen molar-refractivity contribution in [1.82, 2.24) is 15.3 Å². The fourth-order valence-corrected chi connectivity index (χ4v) is 4.49. The van der Waals surface area contributed by atoms with E-state index in [-0.39, 0.29) is 15.7 Å². The van der Waals surface area contributed by atoms with Crippen LogP contribution in [0.1, 0.15) is 15.9 Å². The Kier molecular flexibility index (Phi) is 5.08. The van der Waals surface area contributed by atoms with Crippen molar-refractivity contribution in [2.45, 2.75) is 16.3 Å². The number of aromatic nitrogens is 2. The Balaban J connectivity index is 1.47. The molecule has 29 heavy (non-hydrogen) atoms. The molecule has 4 rings (SSSR count). The molecular weight excluding hydrogens is 410 g/mol. The summed E-state index contributed by atoms with van der Waals surface area (Å²) in [5.74, 6) is -0.290. The summed E-state index contributed by atoms with van der Waals surface area (Å²) in [5.41, 5.74) is 3.05. The SMILES string of the molecule is O=C(NCc1ccc2nc[nH]c2c1)c1ccc(S(=O)(=O)c2cccc(Cl)c2)cc1. The first-order valence-corrected chi connectivity index (χ1v) is 10.6. The highest BCUT2D eigenvalue weighted by Gasteiger charge is 2.18. The summed E-state index contributed by atoms with van der Waals surface area (Å²) in [7, 11) is -3.70. The van der Waals surface area contributed by atoms with Crippen LogP contribution in [-0.4, -0.2) is 24.3 Å². The highest BCUT2D eigenvalue weighted by atomic mass is 35.5. The van der Waals surface area contributed by atoms with Gasteiger partial charge in [0.15, 0.2) is 0 Å². The van der Waals surface area contributed by atoms with Gasteiger partial charge in [0.1, 0.15) is 0 Å². The average molecular weight is 426 g/mol. The molecule has 6 nitrogen and oxygen atoms in total. The molecule has 0 aliphatic rings. The van der Waals surface area contributed by atoms with Gasteiger partial charge in [0.05, 0.1) is 27.2 Å². The van der Waals surface area contributed by atoms with Crippen molar-refractivity contribution in [3.8, 4) is 0 Å². The molecule has 0 bridgehead atoms. The second-order valence-corrected chi connectivity index (χ2v) is 8.81. The first-order valence-electron chi connectivity index (χ1n) is 8.74. The molecule has 8 heteroatoms. The second kappa shape index (κ2) is 7.69. The van der Waals surface area contributed by atoms with E-state index in [9.17, 15) is 13.2 Å².